The molecule has 0 spiro atoms. The Morgan fingerprint density at radius 1 is 0.725 bits per heavy atom. The highest BCUT2D eigenvalue weighted by molar-refractivity contribution is 7.95. The van der Waals surface area contributed by atoms with E-state index in [9.17, 15) is 35.8 Å². The van der Waals surface area contributed by atoms with E-state index < -0.39 is 42.5 Å². The van der Waals surface area contributed by atoms with Crippen LogP contribution in [0.3, 0.4) is 0 Å². The fraction of sp³-hybridized carbons (Fsp3) is 0.0357. The Morgan fingerprint density at radius 2 is 1.37 bits per heavy atom. The number of aromatic hydroxyl groups is 1. The van der Waals surface area contributed by atoms with Gasteiger partial charge in [0.05, 0.1) is 57.1 Å². The number of amides is 1. The number of hydrogen-bond acceptors (Lipinski definition) is 18. The molecule has 0 radical (unpaired) electrons. The Labute approximate surface area is 295 Å². The molecule has 0 aliphatic carbocycles. The van der Waals surface area contributed by atoms with Crippen LogP contribution >= 0.6 is 24.1 Å². The first-order chi connectivity index (χ1) is 24.2. The maximum Gasteiger partial charge on any atom is 0.296 e. The van der Waals surface area contributed by atoms with Crippen LogP contribution in [0.4, 0.5) is 28.4 Å². The Kier molecular flexibility index (Phi) is 11.6. The average Bonchev–Trinajstić information content (AvgIpc) is 3.08. The zero-order valence-corrected chi connectivity index (χ0v) is 28.5. The van der Waals surface area contributed by atoms with Gasteiger partial charge in [-0.25, -0.2) is 10.5 Å². The smallest absolute Gasteiger partial charge is 0.296 e. The molecule has 5 rings (SSSR count). The predicted molar refractivity (Wildman–Crippen MR) is 180 cm³/mol. The second-order valence-electron chi connectivity index (χ2n) is 9.89. The molecule has 5 aromatic rings. The fourth-order valence-electron chi connectivity index (χ4n) is 4.62. The van der Waals surface area contributed by atoms with Crippen LogP contribution in [0.5, 0.6) is 5.75 Å². The lowest BCUT2D eigenvalue weighted by Gasteiger charge is -2.15. The van der Waals surface area contributed by atoms with Crippen molar-refractivity contribution in [2.24, 2.45) is 20.5 Å². The van der Waals surface area contributed by atoms with Crippen LogP contribution in [-0.2, 0) is 43.8 Å². The molecule has 0 unspecified atom stereocenters. The van der Waals surface area contributed by atoms with E-state index in [0.717, 1.165) is 18.2 Å². The van der Waals surface area contributed by atoms with E-state index >= 15 is 0 Å². The van der Waals surface area contributed by atoms with Gasteiger partial charge in [0.2, 0.25) is 5.91 Å². The minimum Gasteiger partial charge on any atom is -0.505 e. The van der Waals surface area contributed by atoms with E-state index in [1.54, 1.807) is 12.1 Å². The molecule has 6 N–H and O–H groups in total. The molecular formula is C28H21N5O14S4. The Hall–Kier alpha value is -4.63. The number of fused-ring (bicyclic) bond motifs is 2. The maximum atomic E-state index is 12.6. The molecule has 266 valence electrons. The van der Waals surface area contributed by atoms with Crippen molar-refractivity contribution < 1.29 is 65.1 Å². The number of phenolic OH excluding ortho intramolecular Hbond substituents is 1. The van der Waals surface area contributed by atoms with Gasteiger partial charge in [-0.1, -0.05) is 16.1 Å². The summed E-state index contributed by atoms with van der Waals surface area (Å²) in [5.74, 6) is -1.37. The van der Waals surface area contributed by atoms with Crippen LogP contribution in [-0.4, -0.2) is 47.5 Å². The van der Waals surface area contributed by atoms with Crippen LogP contribution < -0.4 is 5.32 Å². The zero-order valence-electron chi connectivity index (χ0n) is 25.3. The third-order valence-corrected chi connectivity index (χ3v) is 9.66. The van der Waals surface area contributed by atoms with Crippen molar-refractivity contribution >= 4 is 100 Å². The van der Waals surface area contributed by atoms with E-state index in [1.165, 1.54) is 49.4 Å². The second kappa shape index (κ2) is 15.7. The highest BCUT2D eigenvalue weighted by Gasteiger charge is 2.25. The first kappa shape index (κ1) is 37.6. The summed E-state index contributed by atoms with van der Waals surface area (Å²) in [5, 5.41) is 55.4. The highest BCUT2D eigenvalue weighted by Crippen LogP contribution is 2.47. The summed E-state index contributed by atoms with van der Waals surface area (Å²) in [5.41, 5.74) is -0.131. The standard InChI is InChI=1S/C28H21N5O14S4/c1-14(34)29-23-10-11-24(49-47-45-37)20-13-25(51(41,42)43)27(28(35)26(20)23)33-32-22-9-8-21(18-7-4-16(12-19(18)22)48-46-44-36)31-30-15-2-5-17(6-3-15)50(38,39)40/h2-13,35-37H,1H3,(H,29,34)(H,38,39,40)(H,41,42,43). The topological polar surface area (TPSA) is 285 Å². The van der Waals surface area contributed by atoms with Gasteiger partial charge in [-0.3, -0.25) is 13.9 Å². The summed E-state index contributed by atoms with van der Waals surface area (Å²) >= 11 is 1.03. The van der Waals surface area contributed by atoms with Crippen molar-refractivity contribution in [3.8, 4) is 5.75 Å². The van der Waals surface area contributed by atoms with Crippen LogP contribution in [0, 0.1) is 0 Å². The normalized spacial score (nSPS) is 12.4. The summed E-state index contributed by atoms with van der Waals surface area (Å²) in [6, 6.07) is 16.1. The summed E-state index contributed by atoms with van der Waals surface area (Å²) < 4.78 is 76.2. The molecule has 0 saturated heterocycles. The van der Waals surface area contributed by atoms with Gasteiger partial charge in [0, 0.05) is 32.9 Å². The van der Waals surface area contributed by atoms with E-state index in [0.29, 0.717) is 39.8 Å². The number of phenols is 1. The van der Waals surface area contributed by atoms with Gasteiger partial charge in [0.25, 0.3) is 20.2 Å². The molecule has 51 heavy (non-hydrogen) atoms. The number of carbonyl (C=O) groups is 1. The largest absolute Gasteiger partial charge is 0.505 e. The Morgan fingerprint density at radius 3 is 2.00 bits per heavy atom. The van der Waals surface area contributed by atoms with Crippen molar-refractivity contribution in [1.29, 1.82) is 0 Å². The molecular weight excluding hydrogens is 759 g/mol. The van der Waals surface area contributed by atoms with Gasteiger partial charge >= 0.3 is 0 Å². The lowest BCUT2D eigenvalue weighted by atomic mass is 10.1. The van der Waals surface area contributed by atoms with Crippen molar-refractivity contribution in [1.82, 2.24) is 0 Å². The molecule has 0 aliphatic heterocycles. The van der Waals surface area contributed by atoms with Gasteiger partial charge in [-0.05, 0) is 66.7 Å². The first-order valence-corrected chi connectivity index (χ1v) is 17.9. The number of nitrogens with one attached hydrogen (secondary N) is 1. The number of nitrogens with zero attached hydrogens (tertiary/aromatic N) is 4. The molecule has 0 saturated carbocycles. The number of rotatable bonds is 13. The molecule has 0 fully saturated rings. The predicted octanol–water partition coefficient (Wildman–Crippen LogP) is 7.84. The maximum absolute atomic E-state index is 12.6. The second-order valence-corrected chi connectivity index (χ2v) is 14.2. The van der Waals surface area contributed by atoms with Crippen molar-refractivity contribution in [3.63, 3.8) is 0 Å². The molecule has 0 atom stereocenters. The SMILES string of the molecule is CC(=O)Nc1ccc(SOOO)c2cc(S(=O)(=O)O)c(N=Nc3ccc(N=Nc4ccc(S(=O)(=O)O)cc4)c4ccc(SOOO)cc34)c(O)c12. The number of carbonyl (C=O) groups excluding carboxylic acids is 1. The van der Waals surface area contributed by atoms with Gasteiger partial charge < -0.3 is 10.4 Å². The molecule has 0 aromatic heterocycles. The van der Waals surface area contributed by atoms with Gasteiger partial charge in [-0.15, -0.1) is 24.0 Å². The zero-order chi connectivity index (χ0) is 36.9. The molecule has 0 aliphatic rings. The van der Waals surface area contributed by atoms with E-state index in [1.807, 2.05) is 0 Å². The van der Waals surface area contributed by atoms with Crippen LogP contribution in [0.1, 0.15) is 6.92 Å². The highest BCUT2D eigenvalue weighted by atomic mass is 32.2. The minimum absolute atomic E-state index is 0.0168. The van der Waals surface area contributed by atoms with Gasteiger partial charge in [0.15, 0.2) is 5.75 Å². The van der Waals surface area contributed by atoms with Gasteiger partial charge in [-0.2, -0.15) is 21.9 Å². The summed E-state index contributed by atoms with van der Waals surface area (Å²) in [4.78, 5) is 11.2. The Balaban J connectivity index is 1.67. The molecule has 1 amide bonds. The van der Waals surface area contributed by atoms with Crippen LogP contribution in [0.2, 0.25) is 0 Å². The minimum atomic E-state index is -5.10. The number of hydrogen-bond donors (Lipinski definition) is 6. The van der Waals surface area contributed by atoms with Gasteiger partial charge in [0.1, 0.15) is 10.6 Å². The quantitative estimate of drug-likeness (QED) is 0.0218. The molecule has 0 bridgehead atoms. The monoisotopic (exact) mass is 779 g/mol. The van der Waals surface area contributed by atoms with Crippen LogP contribution in [0.15, 0.2) is 113 Å². The number of anilines is 1. The molecule has 23 heteroatoms. The fourth-order valence-corrected chi connectivity index (χ4v) is 6.63. The summed E-state index contributed by atoms with van der Waals surface area (Å²) in [6.45, 7) is 1.19. The number of benzene rings is 5. The summed E-state index contributed by atoms with van der Waals surface area (Å²) in [6.07, 6.45) is 0. The average molecular weight is 780 g/mol. The van der Waals surface area contributed by atoms with E-state index in [4.69, 9.17) is 10.5 Å². The van der Waals surface area contributed by atoms with Crippen molar-refractivity contribution in [2.75, 3.05) is 5.32 Å². The summed E-state index contributed by atoms with van der Waals surface area (Å²) in [7, 11) is -9.52. The lowest BCUT2D eigenvalue weighted by Crippen LogP contribution is -2.07. The first-order valence-electron chi connectivity index (χ1n) is 13.6. The number of azo groups is 2. The van der Waals surface area contributed by atoms with Crippen molar-refractivity contribution in [2.45, 2.75) is 26.5 Å². The molecule has 0 heterocycles. The van der Waals surface area contributed by atoms with E-state index in [-0.39, 0.29) is 43.3 Å². The lowest BCUT2D eigenvalue weighted by molar-refractivity contribution is -0.432. The Bertz CT molecular complexity index is 2430. The van der Waals surface area contributed by atoms with E-state index in [2.05, 4.69) is 44.5 Å². The third-order valence-electron chi connectivity index (χ3n) is 6.69. The third kappa shape index (κ3) is 8.82. The molecule has 19 nitrogen and oxygen atoms in total. The van der Waals surface area contributed by atoms with Crippen molar-refractivity contribution in [3.05, 3.63) is 72.8 Å². The molecule has 5 aromatic carbocycles. The van der Waals surface area contributed by atoms with Crippen LogP contribution in [0.25, 0.3) is 21.5 Å².